The van der Waals surface area contributed by atoms with Crippen molar-refractivity contribution in [3.63, 3.8) is 0 Å². The third-order valence-corrected chi connectivity index (χ3v) is 2.37. The average Bonchev–Trinajstić information content (AvgIpc) is 2.49. The van der Waals surface area contributed by atoms with Gasteiger partial charge in [-0.15, -0.1) is 0 Å². The Kier molecular flexibility index (Phi) is 2.02. The minimum absolute atomic E-state index is 0.0892. The first-order valence-electron chi connectivity index (χ1n) is 4.30. The largest absolute Gasteiger partial charge is 0.383 e. The van der Waals surface area contributed by atoms with Crippen LogP contribution in [-0.2, 0) is 4.79 Å². The van der Waals surface area contributed by atoms with E-state index >= 15 is 0 Å². The summed E-state index contributed by atoms with van der Waals surface area (Å²) in [6.45, 7) is 0.532. The van der Waals surface area contributed by atoms with E-state index in [9.17, 15) is 9.90 Å². The van der Waals surface area contributed by atoms with E-state index in [0.29, 0.717) is 6.54 Å². The summed E-state index contributed by atoms with van der Waals surface area (Å²) in [5.74, 6) is -0.359. The maximum Gasteiger partial charge on any atom is 0.249 e. The molecule has 0 aromatic heterocycles. The molecule has 13 heavy (non-hydrogen) atoms. The van der Waals surface area contributed by atoms with Gasteiger partial charge in [-0.05, 0) is 5.56 Å². The van der Waals surface area contributed by atoms with Crippen LogP contribution in [-0.4, -0.2) is 23.7 Å². The Labute approximate surface area is 76.4 Å². The molecule has 0 spiro atoms. The van der Waals surface area contributed by atoms with Gasteiger partial charge in [0.05, 0.1) is 0 Å². The van der Waals surface area contributed by atoms with Gasteiger partial charge in [-0.1, -0.05) is 30.3 Å². The number of aliphatic hydroxyl groups is 1. The Balaban J connectivity index is 2.24. The highest BCUT2D eigenvalue weighted by molar-refractivity contribution is 5.84. The van der Waals surface area contributed by atoms with Crippen molar-refractivity contribution < 1.29 is 9.90 Å². The Bertz CT molecular complexity index is 310. The molecule has 2 N–H and O–H groups in total. The standard InChI is InChI=1S/C10H11NO2/c12-9-8(6-11-10(9)13)7-4-2-1-3-5-7/h1-5,8-9,12H,6H2,(H,11,13)/t8-,9+/m0/s1. The summed E-state index contributed by atoms with van der Waals surface area (Å²) in [7, 11) is 0. The minimum Gasteiger partial charge on any atom is -0.383 e. The lowest BCUT2D eigenvalue weighted by molar-refractivity contribution is -0.126. The SMILES string of the molecule is O=C1NC[C@@H](c2ccccc2)[C@H]1O. The highest BCUT2D eigenvalue weighted by atomic mass is 16.3. The van der Waals surface area contributed by atoms with Crippen LogP contribution < -0.4 is 5.32 Å². The molecule has 0 saturated carbocycles. The highest BCUT2D eigenvalue weighted by Gasteiger charge is 2.33. The summed E-state index contributed by atoms with van der Waals surface area (Å²) in [4.78, 5) is 11.0. The molecule has 1 aromatic carbocycles. The molecule has 3 heteroatoms. The van der Waals surface area contributed by atoms with Crippen molar-refractivity contribution in [2.75, 3.05) is 6.54 Å². The van der Waals surface area contributed by atoms with Gasteiger partial charge in [0.1, 0.15) is 6.10 Å². The fraction of sp³-hybridized carbons (Fsp3) is 0.300. The number of aliphatic hydroxyl groups excluding tert-OH is 1. The van der Waals surface area contributed by atoms with Gasteiger partial charge in [-0.2, -0.15) is 0 Å². The number of hydrogen-bond acceptors (Lipinski definition) is 2. The van der Waals surface area contributed by atoms with Crippen LogP contribution in [0.25, 0.3) is 0 Å². The fourth-order valence-electron chi connectivity index (χ4n) is 1.61. The Morgan fingerprint density at radius 3 is 2.54 bits per heavy atom. The quantitative estimate of drug-likeness (QED) is 0.646. The lowest BCUT2D eigenvalue weighted by Crippen LogP contribution is -2.23. The lowest BCUT2D eigenvalue weighted by atomic mass is 9.96. The van der Waals surface area contributed by atoms with Crippen molar-refractivity contribution >= 4 is 5.91 Å². The molecule has 3 nitrogen and oxygen atoms in total. The fourth-order valence-corrected chi connectivity index (χ4v) is 1.61. The zero-order valence-electron chi connectivity index (χ0n) is 7.10. The number of rotatable bonds is 1. The van der Waals surface area contributed by atoms with Gasteiger partial charge >= 0.3 is 0 Å². The van der Waals surface area contributed by atoms with Crippen molar-refractivity contribution in [3.05, 3.63) is 35.9 Å². The molecule has 1 aromatic rings. The van der Waals surface area contributed by atoms with Crippen LogP contribution >= 0.6 is 0 Å². The third-order valence-electron chi connectivity index (χ3n) is 2.37. The van der Waals surface area contributed by atoms with Gasteiger partial charge in [0.25, 0.3) is 0 Å². The number of benzene rings is 1. The van der Waals surface area contributed by atoms with Crippen LogP contribution in [0.4, 0.5) is 0 Å². The van der Waals surface area contributed by atoms with Crippen LogP contribution in [0.2, 0.25) is 0 Å². The molecule has 1 heterocycles. The summed E-state index contributed by atoms with van der Waals surface area (Å²) < 4.78 is 0. The van der Waals surface area contributed by atoms with Crippen LogP contribution in [0.5, 0.6) is 0 Å². The van der Waals surface area contributed by atoms with Crippen LogP contribution in [0.1, 0.15) is 11.5 Å². The van der Waals surface area contributed by atoms with Gasteiger partial charge in [0.15, 0.2) is 0 Å². The van der Waals surface area contributed by atoms with Crippen molar-refractivity contribution in [1.29, 1.82) is 0 Å². The molecule has 2 rings (SSSR count). The first-order valence-corrected chi connectivity index (χ1v) is 4.30. The predicted octanol–water partition coefficient (Wildman–Crippen LogP) is 0.261. The molecule has 0 unspecified atom stereocenters. The van der Waals surface area contributed by atoms with Crippen molar-refractivity contribution in [3.8, 4) is 0 Å². The van der Waals surface area contributed by atoms with Gasteiger partial charge in [-0.25, -0.2) is 0 Å². The number of nitrogens with one attached hydrogen (secondary N) is 1. The summed E-state index contributed by atoms with van der Waals surface area (Å²) in [6.07, 6.45) is -0.887. The van der Waals surface area contributed by atoms with E-state index in [1.54, 1.807) is 0 Å². The lowest BCUT2D eigenvalue weighted by Gasteiger charge is -2.10. The molecule has 1 amide bonds. The Hall–Kier alpha value is -1.35. The summed E-state index contributed by atoms with van der Waals surface area (Å²) in [5, 5.41) is 12.1. The van der Waals surface area contributed by atoms with Gasteiger partial charge in [-0.3, -0.25) is 4.79 Å². The summed E-state index contributed by atoms with van der Waals surface area (Å²) in [5.41, 5.74) is 1.01. The maximum absolute atomic E-state index is 11.0. The molecule has 1 saturated heterocycles. The molecular weight excluding hydrogens is 166 g/mol. The van der Waals surface area contributed by atoms with Gasteiger partial charge < -0.3 is 10.4 Å². The van der Waals surface area contributed by atoms with Crippen LogP contribution in [0, 0.1) is 0 Å². The Morgan fingerprint density at radius 2 is 2.00 bits per heavy atom. The van der Waals surface area contributed by atoms with E-state index in [0.717, 1.165) is 5.56 Å². The van der Waals surface area contributed by atoms with Gasteiger partial charge in [0, 0.05) is 12.5 Å². The number of carbonyl (C=O) groups is 1. The molecule has 0 aliphatic carbocycles. The van der Waals surface area contributed by atoms with E-state index in [2.05, 4.69) is 5.32 Å². The third kappa shape index (κ3) is 1.42. The van der Waals surface area contributed by atoms with E-state index in [-0.39, 0.29) is 11.8 Å². The zero-order valence-corrected chi connectivity index (χ0v) is 7.10. The normalized spacial score (nSPS) is 27.3. The average molecular weight is 177 g/mol. The molecule has 68 valence electrons. The number of carbonyl (C=O) groups excluding carboxylic acids is 1. The van der Waals surface area contributed by atoms with Crippen molar-refractivity contribution in [2.24, 2.45) is 0 Å². The number of amides is 1. The monoisotopic (exact) mass is 177 g/mol. The zero-order chi connectivity index (χ0) is 9.26. The van der Waals surface area contributed by atoms with E-state index < -0.39 is 6.10 Å². The summed E-state index contributed by atoms with van der Waals surface area (Å²) >= 11 is 0. The van der Waals surface area contributed by atoms with Crippen molar-refractivity contribution in [2.45, 2.75) is 12.0 Å². The molecule has 2 atom stereocenters. The molecule has 0 bridgehead atoms. The van der Waals surface area contributed by atoms with Crippen molar-refractivity contribution in [1.82, 2.24) is 5.32 Å². The minimum atomic E-state index is -0.887. The highest BCUT2D eigenvalue weighted by Crippen LogP contribution is 2.22. The molecule has 1 fully saturated rings. The first-order chi connectivity index (χ1) is 6.29. The first kappa shape index (κ1) is 8.26. The number of hydrogen-bond donors (Lipinski definition) is 2. The smallest absolute Gasteiger partial charge is 0.249 e. The predicted molar refractivity (Wildman–Crippen MR) is 48.2 cm³/mol. The second-order valence-electron chi connectivity index (χ2n) is 3.21. The molecule has 1 aliphatic rings. The van der Waals surface area contributed by atoms with E-state index in [1.165, 1.54) is 0 Å². The van der Waals surface area contributed by atoms with E-state index in [1.807, 2.05) is 30.3 Å². The van der Waals surface area contributed by atoms with Crippen LogP contribution in [0.3, 0.4) is 0 Å². The molecule has 1 aliphatic heterocycles. The molecule has 0 radical (unpaired) electrons. The molecular formula is C10H11NO2. The maximum atomic E-state index is 11.0. The second-order valence-corrected chi connectivity index (χ2v) is 3.21. The van der Waals surface area contributed by atoms with E-state index in [4.69, 9.17) is 0 Å². The Morgan fingerprint density at radius 1 is 1.31 bits per heavy atom. The van der Waals surface area contributed by atoms with Crippen LogP contribution in [0.15, 0.2) is 30.3 Å². The summed E-state index contributed by atoms with van der Waals surface area (Å²) in [6, 6.07) is 9.58. The topological polar surface area (TPSA) is 49.3 Å². The van der Waals surface area contributed by atoms with Gasteiger partial charge in [0.2, 0.25) is 5.91 Å². The second kappa shape index (κ2) is 3.18.